The Morgan fingerprint density at radius 2 is 2.03 bits per heavy atom. The lowest BCUT2D eigenvalue weighted by molar-refractivity contribution is 0.0506. The monoisotopic (exact) mass is 460 g/mol. The smallest absolute Gasteiger partial charge is 0.269 e. The molecule has 2 heterocycles. The van der Waals surface area contributed by atoms with Gasteiger partial charge in [-0.1, -0.05) is 12.1 Å². The van der Waals surface area contributed by atoms with Gasteiger partial charge in [-0.2, -0.15) is 0 Å². The maximum Gasteiger partial charge on any atom is 0.269 e. The SMILES string of the molecule is CC(C)N1C(=O)c2ccc(C(=O)N(Cc3cccc(F)c3)CC3CCCO3)cc2S1(=O)=O. The topological polar surface area (TPSA) is 84.0 Å². The van der Waals surface area contributed by atoms with Gasteiger partial charge in [0.1, 0.15) is 10.7 Å². The van der Waals surface area contributed by atoms with Crippen molar-refractivity contribution in [3.63, 3.8) is 0 Å². The van der Waals surface area contributed by atoms with Crippen molar-refractivity contribution in [1.82, 2.24) is 9.21 Å². The highest BCUT2D eigenvalue weighted by Crippen LogP contribution is 2.33. The molecule has 9 heteroatoms. The molecule has 170 valence electrons. The molecule has 1 saturated heterocycles. The molecule has 0 radical (unpaired) electrons. The summed E-state index contributed by atoms with van der Waals surface area (Å²) in [5, 5.41) is 0. The van der Waals surface area contributed by atoms with Crippen molar-refractivity contribution < 1.29 is 27.1 Å². The van der Waals surface area contributed by atoms with Gasteiger partial charge in [-0.05, 0) is 62.6 Å². The second kappa shape index (κ2) is 8.63. The summed E-state index contributed by atoms with van der Waals surface area (Å²) in [6.07, 6.45) is 1.57. The van der Waals surface area contributed by atoms with Crippen molar-refractivity contribution in [3.8, 4) is 0 Å². The van der Waals surface area contributed by atoms with E-state index in [2.05, 4.69) is 0 Å². The maximum atomic E-state index is 13.7. The van der Waals surface area contributed by atoms with Crippen molar-refractivity contribution in [1.29, 1.82) is 0 Å². The van der Waals surface area contributed by atoms with Gasteiger partial charge in [-0.3, -0.25) is 9.59 Å². The van der Waals surface area contributed by atoms with E-state index in [1.165, 1.54) is 35.2 Å². The molecule has 7 nitrogen and oxygen atoms in total. The van der Waals surface area contributed by atoms with E-state index in [-0.39, 0.29) is 28.7 Å². The van der Waals surface area contributed by atoms with Crippen LogP contribution in [-0.2, 0) is 21.3 Å². The first-order valence-corrected chi connectivity index (χ1v) is 12.0. The van der Waals surface area contributed by atoms with Crippen molar-refractivity contribution >= 4 is 21.8 Å². The van der Waals surface area contributed by atoms with E-state index in [4.69, 9.17) is 4.74 Å². The first-order valence-electron chi connectivity index (χ1n) is 10.6. The summed E-state index contributed by atoms with van der Waals surface area (Å²) >= 11 is 0. The summed E-state index contributed by atoms with van der Waals surface area (Å²) < 4.78 is 46.0. The Morgan fingerprint density at radius 3 is 2.69 bits per heavy atom. The molecule has 1 unspecified atom stereocenters. The Labute approximate surface area is 186 Å². The van der Waals surface area contributed by atoms with E-state index in [1.54, 1.807) is 26.0 Å². The fraction of sp³-hybridized carbons (Fsp3) is 0.391. The molecule has 0 N–H and O–H groups in total. The van der Waals surface area contributed by atoms with Crippen molar-refractivity contribution in [2.75, 3.05) is 13.2 Å². The Morgan fingerprint density at radius 1 is 1.25 bits per heavy atom. The fourth-order valence-electron chi connectivity index (χ4n) is 4.18. The molecule has 0 bridgehead atoms. The first-order chi connectivity index (χ1) is 15.2. The first kappa shape index (κ1) is 22.4. The van der Waals surface area contributed by atoms with Gasteiger partial charge in [0.05, 0.1) is 11.7 Å². The maximum absolute atomic E-state index is 13.7. The molecule has 1 atom stereocenters. The zero-order valence-corrected chi connectivity index (χ0v) is 18.8. The number of amides is 2. The van der Waals surface area contributed by atoms with E-state index in [1.807, 2.05) is 0 Å². The van der Waals surface area contributed by atoms with Gasteiger partial charge in [0.2, 0.25) is 0 Å². The lowest BCUT2D eigenvalue weighted by Crippen LogP contribution is -2.37. The van der Waals surface area contributed by atoms with E-state index < -0.39 is 33.7 Å². The van der Waals surface area contributed by atoms with Gasteiger partial charge in [-0.25, -0.2) is 17.1 Å². The summed E-state index contributed by atoms with van der Waals surface area (Å²) in [6.45, 7) is 4.32. The third-order valence-corrected chi connectivity index (χ3v) is 7.66. The predicted molar refractivity (Wildman–Crippen MR) is 115 cm³/mol. The Hall–Kier alpha value is -2.78. The number of ether oxygens (including phenoxy) is 1. The van der Waals surface area contributed by atoms with Crippen LogP contribution in [0, 0.1) is 5.82 Å². The lowest BCUT2D eigenvalue weighted by Gasteiger charge is -2.26. The van der Waals surface area contributed by atoms with Crippen LogP contribution < -0.4 is 0 Å². The number of fused-ring (bicyclic) bond motifs is 1. The van der Waals surface area contributed by atoms with E-state index in [0.29, 0.717) is 18.7 Å². The molecule has 1 fully saturated rings. The molecule has 32 heavy (non-hydrogen) atoms. The van der Waals surface area contributed by atoms with Gasteiger partial charge in [0.15, 0.2) is 0 Å². The van der Waals surface area contributed by atoms with Crippen LogP contribution in [0.5, 0.6) is 0 Å². The van der Waals surface area contributed by atoms with Gasteiger partial charge >= 0.3 is 0 Å². The zero-order chi connectivity index (χ0) is 23.0. The normalized spacial score (nSPS) is 19.4. The zero-order valence-electron chi connectivity index (χ0n) is 18.0. The van der Waals surface area contributed by atoms with E-state index in [9.17, 15) is 22.4 Å². The summed E-state index contributed by atoms with van der Waals surface area (Å²) in [4.78, 5) is 27.4. The standard InChI is InChI=1S/C23H25FN2O5S/c1-15(2)26-23(28)20-9-8-17(12-21(20)32(26,29)30)22(27)25(14-19-7-4-10-31-19)13-16-5-3-6-18(24)11-16/h3,5-6,8-9,11-12,15,19H,4,7,10,13-14H2,1-2H3. The van der Waals surface area contributed by atoms with Crippen LogP contribution >= 0.6 is 0 Å². The molecule has 2 aliphatic heterocycles. The highest BCUT2D eigenvalue weighted by atomic mass is 32.2. The van der Waals surface area contributed by atoms with E-state index in [0.717, 1.165) is 17.1 Å². The molecule has 4 rings (SSSR count). The highest BCUT2D eigenvalue weighted by molar-refractivity contribution is 7.90. The van der Waals surface area contributed by atoms with Crippen molar-refractivity contribution in [2.45, 2.75) is 50.3 Å². The van der Waals surface area contributed by atoms with Crippen LogP contribution in [0.2, 0.25) is 0 Å². The number of carbonyl (C=O) groups is 2. The predicted octanol–water partition coefficient (Wildman–Crippen LogP) is 3.20. The second-order valence-electron chi connectivity index (χ2n) is 8.36. The van der Waals surface area contributed by atoms with Crippen LogP contribution in [-0.4, -0.2) is 54.7 Å². The van der Waals surface area contributed by atoms with Crippen LogP contribution in [0.25, 0.3) is 0 Å². The van der Waals surface area contributed by atoms with Crippen LogP contribution in [0.15, 0.2) is 47.4 Å². The quantitative estimate of drug-likeness (QED) is 0.661. The summed E-state index contributed by atoms with van der Waals surface area (Å²) in [5.41, 5.74) is 0.831. The highest BCUT2D eigenvalue weighted by Gasteiger charge is 2.43. The van der Waals surface area contributed by atoms with Crippen LogP contribution in [0.4, 0.5) is 4.39 Å². The molecule has 0 saturated carbocycles. The molecule has 0 aromatic heterocycles. The second-order valence-corrected chi connectivity index (χ2v) is 10.1. The number of halogens is 1. The van der Waals surface area contributed by atoms with Gasteiger partial charge < -0.3 is 9.64 Å². The molecular weight excluding hydrogens is 435 g/mol. The average molecular weight is 461 g/mol. The summed E-state index contributed by atoms with van der Waals surface area (Å²) in [6, 6.07) is 9.58. The Bertz CT molecular complexity index is 1160. The molecule has 0 spiro atoms. The summed E-state index contributed by atoms with van der Waals surface area (Å²) in [7, 11) is -4.02. The minimum atomic E-state index is -4.02. The lowest BCUT2D eigenvalue weighted by atomic mass is 10.1. The third kappa shape index (κ3) is 4.14. The largest absolute Gasteiger partial charge is 0.376 e. The molecule has 0 aliphatic carbocycles. The van der Waals surface area contributed by atoms with Gasteiger partial charge in [0.25, 0.3) is 21.8 Å². The molecule has 2 aromatic carbocycles. The van der Waals surface area contributed by atoms with Crippen LogP contribution in [0.3, 0.4) is 0 Å². The van der Waals surface area contributed by atoms with Gasteiger partial charge in [0, 0.05) is 31.3 Å². The van der Waals surface area contributed by atoms with Gasteiger partial charge in [-0.15, -0.1) is 0 Å². The average Bonchev–Trinajstić information content (AvgIpc) is 3.31. The number of sulfonamides is 1. The third-order valence-electron chi connectivity index (χ3n) is 5.66. The number of hydrogen-bond acceptors (Lipinski definition) is 5. The molecular formula is C23H25FN2O5S. The van der Waals surface area contributed by atoms with Crippen molar-refractivity contribution in [3.05, 3.63) is 65.0 Å². The Balaban J connectivity index is 1.67. The number of rotatable bonds is 6. The van der Waals surface area contributed by atoms with E-state index >= 15 is 0 Å². The van der Waals surface area contributed by atoms with Crippen molar-refractivity contribution in [2.24, 2.45) is 0 Å². The molecule has 2 aromatic rings. The minimum Gasteiger partial charge on any atom is -0.376 e. The number of carbonyl (C=O) groups excluding carboxylic acids is 2. The summed E-state index contributed by atoms with van der Waals surface area (Å²) in [5.74, 6) is -1.40. The number of nitrogens with zero attached hydrogens (tertiary/aromatic N) is 2. The minimum absolute atomic E-state index is 0.0612. The Kier molecular flexibility index (Phi) is 6.05. The number of benzene rings is 2. The number of hydrogen-bond donors (Lipinski definition) is 0. The van der Waals surface area contributed by atoms with Crippen LogP contribution in [0.1, 0.15) is 53.0 Å². The fourth-order valence-corrected chi connectivity index (χ4v) is 5.98. The molecule has 2 amide bonds. The molecule has 2 aliphatic rings.